The smallest absolute Gasteiger partial charge is 0.239 e. The fraction of sp³-hybridized carbons (Fsp3) is 0.917. The van der Waals surface area contributed by atoms with Crippen molar-refractivity contribution in [2.45, 2.75) is 51.7 Å². The predicted molar refractivity (Wildman–Crippen MR) is 64.1 cm³/mol. The van der Waals surface area contributed by atoms with Gasteiger partial charge in [-0.1, -0.05) is 13.3 Å². The Balaban J connectivity index is 2.34. The molecule has 0 aromatic heterocycles. The van der Waals surface area contributed by atoms with Crippen LogP contribution in [0, 0.1) is 5.92 Å². The third kappa shape index (κ3) is 3.46. The first-order valence-corrected chi connectivity index (χ1v) is 6.18. The monoisotopic (exact) mass is 228 g/mol. The van der Waals surface area contributed by atoms with E-state index in [9.17, 15) is 9.90 Å². The molecular weight excluding hydrogens is 204 g/mol. The first kappa shape index (κ1) is 13.5. The topological polar surface area (TPSA) is 61.4 Å². The first-order chi connectivity index (χ1) is 7.47. The first-order valence-electron chi connectivity index (χ1n) is 6.18. The molecule has 0 radical (unpaired) electrons. The minimum absolute atomic E-state index is 0.00782. The molecule has 0 spiro atoms. The van der Waals surface area contributed by atoms with Crippen molar-refractivity contribution in [1.82, 2.24) is 10.6 Å². The van der Waals surface area contributed by atoms with Gasteiger partial charge >= 0.3 is 0 Å². The zero-order valence-corrected chi connectivity index (χ0v) is 10.5. The van der Waals surface area contributed by atoms with Crippen molar-refractivity contribution >= 4 is 5.91 Å². The number of likely N-dealkylation sites (N-methyl/N-ethyl adjacent to an activating group) is 1. The minimum atomic E-state index is -0.529. The Kier molecular flexibility index (Phi) is 4.74. The molecule has 1 aliphatic carbocycles. The molecule has 0 heterocycles. The summed E-state index contributed by atoms with van der Waals surface area (Å²) in [6.07, 6.45) is 2.72. The van der Waals surface area contributed by atoms with Crippen LogP contribution in [0.5, 0.6) is 0 Å². The molecule has 0 saturated heterocycles. The Morgan fingerprint density at radius 2 is 2.12 bits per heavy atom. The highest BCUT2D eigenvalue weighted by molar-refractivity contribution is 5.85. The summed E-state index contributed by atoms with van der Waals surface area (Å²) in [5.41, 5.74) is -0.529. The zero-order chi connectivity index (χ0) is 12.2. The summed E-state index contributed by atoms with van der Waals surface area (Å²) in [7, 11) is 0. The number of aliphatic hydroxyl groups is 1. The van der Waals surface area contributed by atoms with Crippen molar-refractivity contribution in [1.29, 1.82) is 0 Å². The number of carbonyl (C=O) groups excluding carboxylic acids is 1. The lowest BCUT2D eigenvalue weighted by Crippen LogP contribution is -2.53. The Morgan fingerprint density at radius 3 is 2.62 bits per heavy atom. The second-order valence-corrected chi connectivity index (χ2v) is 5.12. The minimum Gasteiger partial charge on any atom is -0.393 e. The molecule has 0 aliphatic heterocycles. The van der Waals surface area contributed by atoms with Crippen molar-refractivity contribution in [3.8, 4) is 0 Å². The highest BCUT2D eigenvalue weighted by Crippen LogP contribution is 2.24. The average molecular weight is 228 g/mol. The second kappa shape index (κ2) is 5.64. The zero-order valence-electron chi connectivity index (χ0n) is 10.5. The van der Waals surface area contributed by atoms with Gasteiger partial charge in [0, 0.05) is 12.5 Å². The van der Waals surface area contributed by atoms with Gasteiger partial charge in [-0.15, -0.1) is 0 Å². The van der Waals surface area contributed by atoms with Gasteiger partial charge in [0.05, 0.1) is 11.6 Å². The summed E-state index contributed by atoms with van der Waals surface area (Å²) in [5, 5.41) is 15.7. The molecule has 4 heteroatoms. The van der Waals surface area contributed by atoms with Crippen LogP contribution in [0.15, 0.2) is 0 Å². The number of amides is 1. The van der Waals surface area contributed by atoms with Gasteiger partial charge in [0.15, 0.2) is 0 Å². The quantitative estimate of drug-likeness (QED) is 0.647. The van der Waals surface area contributed by atoms with Gasteiger partial charge in [0.25, 0.3) is 0 Å². The van der Waals surface area contributed by atoms with Gasteiger partial charge in [-0.05, 0) is 33.2 Å². The lowest BCUT2D eigenvalue weighted by atomic mass is 10.0. The highest BCUT2D eigenvalue weighted by Gasteiger charge is 2.29. The highest BCUT2D eigenvalue weighted by atomic mass is 16.3. The van der Waals surface area contributed by atoms with Crippen molar-refractivity contribution in [2.24, 2.45) is 5.92 Å². The molecule has 1 aliphatic rings. The lowest BCUT2D eigenvalue weighted by molar-refractivity contribution is -0.126. The molecule has 1 amide bonds. The molecule has 2 unspecified atom stereocenters. The van der Waals surface area contributed by atoms with Gasteiger partial charge in [-0.25, -0.2) is 0 Å². The van der Waals surface area contributed by atoms with Crippen LogP contribution in [0.3, 0.4) is 0 Å². The number of hydrogen-bond acceptors (Lipinski definition) is 3. The Bertz CT molecular complexity index is 241. The van der Waals surface area contributed by atoms with Crippen molar-refractivity contribution in [2.75, 3.05) is 13.1 Å². The summed E-state index contributed by atoms with van der Waals surface area (Å²) in [4.78, 5) is 11.9. The van der Waals surface area contributed by atoms with Crippen LogP contribution in [0.4, 0.5) is 0 Å². The molecule has 16 heavy (non-hydrogen) atoms. The maximum atomic E-state index is 11.9. The van der Waals surface area contributed by atoms with Crippen molar-refractivity contribution < 1.29 is 9.90 Å². The molecule has 0 bridgehead atoms. The molecule has 0 aromatic carbocycles. The van der Waals surface area contributed by atoms with Crippen LogP contribution in [-0.2, 0) is 4.79 Å². The largest absolute Gasteiger partial charge is 0.393 e. The van der Waals surface area contributed by atoms with Gasteiger partial charge in [-0.3, -0.25) is 4.79 Å². The van der Waals surface area contributed by atoms with E-state index >= 15 is 0 Å². The van der Waals surface area contributed by atoms with E-state index in [1.807, 2.05) is 20.8 Å². The summed E-state index contributed by atoms with van der Waals surface area (Å²) in [6.45, 7) is 7.09. The third-order valence-electron chi connectivity index (χ3n) is 3.33. The van der Waals surface area contributed by atoms with E-state index in [1.54, 1.807) is 0 Å². The molecule has 0 aromatic rings. The molecule has 1 fully saturated rings. The average Bonchev–Trinajstić information content (AvgIpc) is 2.60. The number of rotatable bonds is 5. The van der Waals surface area contributed by atoms with E-state index < -0.39 is 5.54 Å². The van der Waals surface area contributed by atoms with Crippen molar-refractivity contribution in [3.05, 3.63) is 0 Å². The van der Waals surface area contributed by atoms with E-state index in [0.29, 0.717) is 6.54 Å². The molecule has 3 N–H and O–H groups in total. The fourth-order valence-electron chi connectivity index (χ4n) is 2.22. The molecule has 4 nitrogen and oxygen atoms in total. The summed E-state index contributed by atoms with van der Waals surface area (Å²) in [6, 6.07) is 0. The molecular formula is C12H24N2O2. The lowest BCUT2D eigenvalue weighted by Gasteiger charge is -2.25. The fourth-order valence-corrected chi connectivity index (χ4v) is 2.22. The maximum Gasteiger partial charge on any atom is 0.239 e. The van der Waals surface area contributed by atoms with Gasteiger partial charge < -0.3 is 15.7 Å². The second-order valence-electron chi connectivity index (χ2n) is 5.12. The van der Waals surface area contributed by atoms with Gasteiger partial charge in [0.1, 0.15) is 0 Å². The van der Waals surface area contributed by atoms with E-state index in [4.69, 9.17) is 0 Å². The van der Waals surface area contributed by atoms with E-state index in [2.05, 4.69) is 10.6 Å². The summed E-state index contributed by atoms with van der Waals surface area (Å²) < 4.78 is 0. The van der Waals surface area contributed by atoms with Gasteiger partial charge in [0.2, 0.25) is 5.91 Å². The van der Waals surface area contributed by atoms with Crippen LogP contribution >= 0.6 is 0 Å². The Hall–Kier alpha value is -0.610. The SMILES string of the molecule is CCNC(C)(C)C(=O)NCC1CCCC1O. The summed E-state index contributed by atoms with van der Waals surface area (Å²) in [5.74, 6) is 0.245. The molecule has 1 rings (SSSR count). The van der Waals surface area contributed by atoms with Crippen LogP contribution in [0.1, 0.15) is 40.0 Å². The normalized spacial score (nSPS) is 25.8. The number of aliphatic hydroxyl groups excluding tert-OH is 1. The van der Waals surface area contributed by atoms with Crippen LogP contribution in [0.2, 0.25) is 0 Å². The molecule has 2 atom stereocenters. The Morgan fingerprint density at radius 1 is 1.44 bits per heavy atom. The maximum absolute atomic E-state index is 11.9. The van der Waals surface area contributed by atoms with Crippen LogP contribution in [0.25, 0.3) is 0 Å². The molecule has 1 saturated carbocycles. The number of carbonyl (C=O) groups is 1. The van der Waals surface area contributed by atoms with Gasteiger partial charge in [-0.2, -0.15) is 0 Å². The van der Waals surface area contributed by atoms with Crippen molar-refractivity contribution in [3.63, 3.8) is 0 Å². The standard InChI is InChI=1S/C12H24N2O2/c1-4-14-12(2,3)11(16)13-8-9-6-5-7-10(9)15/h9-10,14-15H,4-8H2,1-3H3,(H,13,16). The third-order valence-corrected chi connectivity index (χ3v) is 3.33. The van der Waals surface area contributed by atoms with E-state index in [-0.39, 0.29) is 17.9 Å². The van der Waals surface area contributed by atoms with E-state index in [1.165, 1.54) is 0 Å². The number of hydrogen-bond donors (Lipinski definition) is 3. The predicted octanol–water partition coefficient (Wildman–Crippen LogP) is 0.652. The van der Waals surface area contributed by atoms with E-state index in [0.717, 1.165) is 25.8 Å². The Labute approximate surface area is 97.8 Å². The van der Waals surface area contributed by atoms with Crippen LogP contribution < -0.4 is 10.6 Å². The van der Waals surface area contributed by atoms with Crippen LogP contribution in [-0.4, -0.2) is 35.7 Å². The number of nitrogens with one attached hydrogen (secondary N) is 2. The summed E-state index contributed by atoms with van der Waals surface area (Å²) >= 11 is 0. The molecule has 94 valence electrons.